The van der Waals surface area contributed by atoms with E-state index in [0.29, 0.717) is 24.9 Å². The third-order valence-electron chi connectivity index (χ3n) is 6.19. The van der Waals surface area contributed by atoms with Gasteiger partial charge in [-0.3, -0.25) is 19.9 Å². The number of hydrogen-bond acceptors (Lipinski definition) is 7. The molecule has 3 rings (SSSR count). The Morgan fingerprint density at radius 3 is 2.30 bits per heavy atom. The number of piperazine rings is 1. The van der Waals surface area contributed by atoms with Gasteiger partial charge in [0.1, 0.15) is 0 Å². The lowest BCUT2D eigenvalue weighted by molar-refractivity contribution is -0.140. The molecule has 0 atom stereocenters. The van der Waals surface area contributed by atoms with E-state index in [0.717, 1.165) is 65.2 Å². The highest BCUT2D eigenvalue weighted by Gasteiger charge is 2.32. The zero-order chi connectivity index (χ0) is 19.1. The van der Waals surface area contributed by atoms with Gasteiger partial charge < -0.3 is 15.0 Å². The Morgan fingerprint density at radius 2 is 1.67 bits per heavy atom. The Morgan fingerprint density at radius 1 is 1.00 bits per heavy atom. The van der Waals surface area contributed by atoms with E-state index >= 15 is 0 Å². The van der Waals surface area contributed by atoms with Crippen molar-refractivity contribution in [1.29, 1.82) is 0 Å². The molecule has 0 aromatic rings. The van der Waals surface area contributed by atoms with Crippen LogP contribution in [0.15, 0.2) is 0 Å². The average Bonchev–Trinajstić information content (AvgIpc) is 2.74. The van der Waals surface area contributed by atoms with E-state index in [4.69, 9.17) is 0 Å². The highest BCUT2D eigenvalue weighted by Crippen LogP contribution is 2.21. The summed E-state index contributed by atoms with van der Waals surface area (Å²) in [6.07, 6.45) is 4.61. The summed E-state index contributed by atoms with van der Waals surface area (Å²) in [5.41, 5.74) is 3.26. The first-order valence-corrected chi connectivity index (χ1v) is 10.5. The van der Waals surface area contributed by atoms with Gasteiger partial charge in [-0.15, -0.1) is 0 Å². The van der Waals surface area contributed by atoms with E-state index in [2.05, 4.69) is 30.3 Å². The van der Waals surface area contributed by atoms with Gasteiger partial charge >= 0.3 is 5.97 Å². The molecule has 0 unspecified atom stereocenters. The molecule has 0 spiro atoms. The van der Waals surface area contributed by atoms with Crippen LogP contribution in [0, 0.1) is 5.92 Å². The maximum atomic E-state index is 12.9. The van der Waals surface area contributed by atoms with E-state index in [1.54, 1.807) is 0 Å². The first-order chi connectivity index (χ1) is 13.2. The molecule has 2 N–H and O–H groups in total. The van der Waals surface area contributed by atoms with E-state index in [9.17, 15) is 9.59 Å². The van der Waals surface area contributed by atoms with Crippen molar-refractivity contribution in [3.63, 3.8) is 0 Å². The monoisotopic (exact) mass is 381 g/mol. The second-order valence-electron chi connectivity index (χ2n) is 7.84. The normalized spacial score (nSPS) is 24.1. The number of carbonyl (C=O) groups excluding carboxylic acids is 2. The van der Waals surface area contributed by atoms with Crippen LogP contribution in [0.4, 0.5) is 0 Å². The summed E-state index contributed by atoms with van der Waals surface area (Å²) in [7, 11) is 1.41. The van der Waals surface area contributed by atoms with Gasteiger partial charge in [0, 0.05) is 57.8 Å². The van der Waals surface area contributed by atoms with E-state index in [1.807, 2.05) is 0 Å². The lowest BCUT2D eigenvalue weighted by atomic mass is 9.95. The minimum Gasteiger partial charge on any atom is -0.469 e. The summed E-state index contributed by atoms with van der Waals surface area (Å²) in [5, 5.41) is 5.55. The van der Waals surface area contributed by atoms with Gasteiger partial charge in [0.05, 0.1) is 13.5 Å². The average molecular weight is 382 g/mol. The van der Waals surface area contributed by atoms with Crippen LogP contribution in [0.25, 0.3) is 0 Å². The van der Waals surface area contributed by atoms with E-state index < -0.39 is 0 Å². The predicted octanol–water partition coefficient (Wildman–Crippen LogP) is -0.338. The minimum absolute atomic E-state index is 0.147. The summed E-state index contributed by atoms with van der Waals surface area (Å²) in [6.45, 7) is 8.32. The highest BCUT2D eigenvalue weighted by atomic mass is 16.5. The third-order valence-corrected chi connectivity index (χ3v) is 6.19. The van der Waals surface area contributed by atoms with Gasteiger partial charge in [0.15, 0.2) is 0 Å². The molecule has 27 heavy (non-hydrogen) atoms. The number of carbonyl (C=O) groups is 2. The Bertz CT molecular complexity index is 482. The van der Waals surface area contributed by atoms with Crippen molar-refractivity contribution in [2.24, 2.45) is 5.92 Å². The molecule has 0 radical (unpaired) electrons. The van der Waals surface area contributed by atoms with Crippen LogP contribution in [-0.4, -0.2) is 98.7 Å². The van der Waals surface area contributed by atoms with Crippen LogP contribution in [0.5, 0.6) is 0 Å². The van der Waals surface area contributed by atoms with Crippen molar-refractivity contribution in [3.05, 3.63) is 0 Å². The van der Waals surface area contributed by atoms with Crippen LogP contribution in [0.1, 0.15) is 32.1 Å². The third kappa shape index (κ3) is 5.88. The second-order valence-corrected chi connectivity index (χ2v) is 7.84. The smallest absolute Gasteiger partial charge is 0.306 e. The van der Waals surface area contributed by atoms with Crippen molar-refractivity contribution < 1.29 is 14.3 Å². The first-order valence-electron chi connectivity index (χ1n) is 10.5. The van der Waals surface area contributed by atoms with Gasteiger partial charge in [-0.25, -0.2) is 5.01 Å². The van der Waals surface area contributed by atoms with Gasteiger partial charge in [0.2, 0.25) is 5.91 Å². The fourth-order valence-corrected chi connectivity index (χ4v) is 4.44. The van der Waals surface area contributed by atoms with E-state index in [-0.39, 0.29) is 11.9 Å². The molecule has 0 saturated carbocycles. The molecule has 3 saturated heterocycles. The molecule has 3 heterocycles. The number of rotatable bonds is 6. The van der Waals surface area contributed by atoms with Crippen LogP contribution < -0.4 is 10.7 Å². The number of piperidine rings is 2. The lowest BCUT2D eigenvalue weighted by Gasteiger charge is -2.42. The van der Waals surface area contributed by atoms with Gasteiger partial charge in [-0.05, 0) is 38.8 Å². The number of nitrogens with one attached hydrogen (secondary N) is 2. The van der Waals surface area contributed by atoms with Crippen LogP contribution >= 0.6 is 0 Å². The number of hydrogen-bond donors (Lipinski definition) is 2. The molecule has 0 aliphatic carbocycles. The quantitative estimate of drug-likeness (QED) is 0.610. The molecule has 3 fully saturated rings. The fraction of sp³-hybridized carbons (Fsp3) is 0.895. The Hall–Kier alpha value is -1.22. The number of amides is 1. The minimum atomic E-state index is -0.198. The van der Waals surface area contributed by atoms with Crippen molar-refractivity contribution in [1.82, 2.24) is 25.6 Å². The van der Waals surface area contributed by atoms with Gasteiger partial charge in [-0.1, -0.05) is 0 Å². The highest BCUT2D eigenvalue weighted by molar-refractivity contribution is 5.79. The maximum absolute atomic E-state index is 12.9. The second kappa shape index (κ2) is 10.4. The molecule has 0 bridgehead atoms. The van der Waals surface area contributed by atoms with Gasteiger partial charge in [-0.2, -0.15) is 0 Å². The number of esters is 1. The summed E-state index contributed by atoms with van der Waals surface area (Å²) < 4.78 is 4.65. The molecule has 0 aromatic carbocycles. The van der Waals surface area contributed by atoms with Crippen molar-refractivity contribution >= 4 is 11.9 Å². The Kier molecular flexibility index (Phi) is 7.87. The zero-order valence-electron chi connectivity index (χ0n) is 16.6. The van der Waals surface area contributed by atoms with Crippen molar-refractivity contribution in [2.45, 2.75) is 38.1 Å². The standard InChI is InChI=1S/C19H35N5O3/c1-27-18(25)4-9-21-24-10-5-16(6-11-24)19(26)23-14-12-22(13-15-23)17-2-7-20-8-3-17/h16-17,20-21H,2-15H2,1H3. The molecule has 3 aliphatic heterocycles. The summed E-state index contributed by atoms with van der Waals surface area (Å²) in [4.78, 5) is 28.7. The molecule has 0 aromatic heterocycles. The van der Waals surface area contributed by atoms with Crippen LogP contribution in [0.3, 0.4) is 0 Å². The summed E-state index contributed by atoms with van der Waals surface area (Å²) >= 11 is 0. The molecular weight excluding hydrogens is 346 g/mol. The Labute approximate surface area is 162 Å². The predicted molar refractivity (Wildman–Crippen MR) is 103 cm³/mol. The fourth-order valence-electron chi connectivity index (χ4n) is 4.44. The van der Waals surface area contributed by atoms with Crippen molar-refractivity contribution in [2.75, 3.05) is 66.0 Å². The topological polar surface area (TPSA) is 77.2 Å². The van der Waals surface area contributed by atoms with Crippen LogP contribution in [0.2, 0.25) is 0 Å². The molecule has 1 amide bonds. The number of hydrazine groups is 1. The van der Waals surface area contributed by atoms with Crippen LogP contribution in [-0.2, 0) is 14.3 Å². The lowest BCUT2D eigenvalue weighted by Crippen LogP contribution is -2.55. The maximum Gasteiger partial charge on any atom is 0.306 e. The van der Waals surface area contributed by atoms with E-state index in [1.165, 1.54) is 20.0 Å². The molecule has 3 aliphatic rings. The largest absolute Gasteiger partial charge is 0.469 e. The van der Waals surface area contributed by atoms with Gasteiger partial charge in [0.25, 0.3) is 0 Å². The summed E-state index contributed by atoms with van der Waals surface area (Å²) in [6, 6.07) is 0.697. The molecule has 154 valence electrons. The number of ether oxygens (including phenoxy) is 1. The first kappa shape index (κ1) is 20.5. The number of nitrogens with zero attached hydrogens (tertiary/aromatic N) is 3. The molecule has 8 nitrogen and oxygen atoms in total. The number of methoxy groups -OCH3 is 1. The van der Waals surface area contributed by atoms with Crippen molar-refractivity contribution in [3.8, 4) is 0 Å². The zero-order valence-corrected chi connectivity index (χ0v) is 16.6. The molecule has 8 heteroatoms. The summed E-state index contributed by atoms with van der Waals surface area (Å²) in [5.74, 6) is 0.291. The SMILES string of the molecule is COC(=O)CCNN1CCC(C(=O)N2CCN(C3CCNCC3)CC2)CC1. The Balaban J connectivity index is 1.34. The molecular formula is C19H35N5O3.